The highest BCUT2D eigenvalue weighted by molar-refractivity contribution is 5.81. The molecule has 0 fully saturated rings. The number of carbonyl (C=O) groups excluding carboxylic acids is 1. The fraction of sp³-hybridized carbons (Fsp3) is 0.857. The summed E-state index contributed by atoms with van der Waals surface area (Å²) in [6.45, 7) is 4.41. The summed E-state index contributed by atoms with van der Waals surface area (Å²) in [4.78, 5) is 11.1. The smallest absolute Gasteiger partial charge is 0.238 e. The summed E-state index contributed by atoms with van der Waals surface area (Å²) in [5.74, 6) is 0.0289. The minimum Gasteiger partial charge on any atom is -0.355 e. The minimum absolute atomic E-state index is 0.0289. The lowest BCUT2D eigenvalue weighted by molar-refractivity contribution is -0.123. The zero-order valence-corrected chi connectivity index (χ0v) is 7.64. The number of carbonyl (C=O) groups is 1. The first kappa shape index (κ1) is 10.4. The summed E-state index contributed by atoms with van der Waals surface area (Å²) in [5, 5.41) is 4.49. The van der Waals surface area contributed by atoms with Gasteiger partial charge in [-0.15, -0.1) is 0 Å². The predicted octanol–water partition coefficient (Wildman–Crippen LogP) is -0.423. The molecule has 66 valence electrons. The molecule has 0 heterocycles. The molecular weight excluding hydrogens is 142 g/mol. The highest BCUT2D eigenvalue weighted by Crippen LogP contribution is 1.81. The predicted molar refractivity (Wildman–Crippen MR) is 45.0 cm³/mol. The van der Waals surface area contributed by atoms with Gasteiger partial charge in [0.05, 0.1) is 6.04 Å². The fourth-order valence-corrected chi connectivity index (χ4v) is 0.773. The van der Waals surface area contributed by atoms with Crippen molar-refractivity contribution in [3.05, 3.63) is 0 Å². The maximum atomic E-state index is 11.1. The van der Waals surface area contributed by atoms with E-state index in [1.54, 1.807) is 5.01 Å². The number of amides is 1. The van der Waals surface area contributed by atoms with E-state index in [1.807, 2.05) is 27.9 Å². The van der Waals surface area contributed by atoms with Gasteiger partial charge in [0.25, 0.3) is 0 Å². The van der Waals surface area contributed by atoms with Crippen molar-refractivity contribution in [2.24, 2.45) is 0 Å². The van der Waals surface area contributed by atoms with E-state index >= 15 is 0 Å². The van der Waals surface area contributed by atoms with E-state index in [4.69, 9.17) is 0 Å². The van der Waals surface area contributed by atoms with E-state index in [0.717, 1.165) is 0 Å². The van der Waals surface area contributed by atoms with Gasteiger partial charge in [-0.25, -0.2) is 10.4 Å². The van der Waals surface area contributed by atoms with Crippen molar-refractivity contribution in [3.63, 3.8) is 0 Å². The molecule has 0 rings (SSSR count). The Morgan fingerprint density at radius 2 is 2.09 bits per heavy atom. The van der Waals surface area contributed by atoms with Crippen LogP contribution in [0.2, 0.25) is 0 Å². The molecule has 2 N–H and O–H groups in total. The number of hydrogen-bond acceptors (Lipinski definition) is 3. The van der Waals surface area contributed by atoms with E-state index in [2.05, 4.69) is 10.7 Å². The lowest BCUT2D eigenvalue weighted by atomic mass is 10.3. The van der Waals surface area contributed by atoms with Crippen LogP contribution in [0.4, 0.5) is 0 Å². The molecule has 0 radical (unpaired) electrons. The number of likely N-dealkylation sites (N-methyl/N-ethyl adjacent to an activating group) is 1. The Morgan fingerprint density at radius 3 is 2.45 bits per heavy atom. The van der Waals surface area contributed by atoms with Crippen LogP contribution in [0.3, 0.4) is 0 Å². The molecule has 0 aliphatic heterocycles. The van der Waals surface area contributed by atoms with Gasteiger partial charge in [0.15, 0.2) is 0 Å². The van der Waals surface area contributed by atoms with Gasteiger partial charge in [-0.05, 0) is 13.8 Å². The normalized spacial score (nSPS) is 13.2. The SMILES string of the molecule is CCNC(=O)C(C)NN(C)C. The molecule has 1 unspecified atom stereocenters. The molecule has 0 aliphatic rings. The average molecular weight is 159 g/mol. The van der Waals surface area contributed by atoms with Crippen LogP contribution in [0.5, 0.6) is 0 Å². The zero-order chi connectivity index (χ0) is 8.85. The number of nitrogens with one attached hydrogen (secondary N) is 2. The number of hydrazine groups is 1. The van der Waals surface area contributed by atoms with E-state index < -0.39 is 0 Å². The highest BCUT2D eigenvalue weighted by atomic mass is 16.2. The van der Waals surface area contributed by atoms with Crippen molar-refractivity contribution in [2.75, 3.05) is 20.6 Å². The average Bonchev–Trinajstić information content (AvgIpc) is 1.86. The molecular formula is C7H17N3O. The number of nitrogens with zero attached hydrogens (tertiary/aromatic N) is 1. The van der Waals surface area contributed by atoms with Gasteiger partial charge < -0.3 is 5.32 Å². The van der Waals surface area contributed by atoms with Crippen LogP contribution in [0.25, 0.3) is 0 Å². The van der Waals surface area contributed by atoms with Crippen molar-refractivity contribution in [1.82, 2.24) is 15.8 Å². The van der Waals surface area contributed by atoms with Crippen LogP contribution in [-0.4, -0.2) is 37.6 Å². The van der Waals surface area contributed by atoms with E-state index in [1.165, 1.54) is 0 Å². The zero-order valence-electron chi connectivity index (χ0n) is 7.64. The van der Waals surface area contributed by atoms with Crippen molar-refractivity contribution >= 4 is 5.91 Å². The third-order valence-electron chi connectivity index (χ3n) is 1.20. The van der Waals surface area contributed by atoms with Crippen molar-refractivity contribution < 1.29 is 4.79 Å². The Morgan fingerprint density at radius 1 is 1.55 bits per heavy atom. The Kier molecular flexibility index (Phi) is 4.81. The van der Waals surface area contributed by atoms with Crippen LogP contribution < -0.4 is 10.7 Å². The summed E-state index contributed by atoms with van der Waals surface area (Å²) in [5.41, 5.74) is 2.95. The molecule has 0 spiro atoms. The van der Waals surface area contributed by atoms with Gasteiger partial charge in [0.2, 0.25) is 5.91 Å². The molecule has 0 aromatic carbocycles. The Hall–Kier alpha value is -0.610. The largest absolute Gasteiger partial charge is 0.355 e. The second-order valence-electron chi connectivity index (χ2n) is 2.64. The first-order chi connectivity index (χ1) is 5.07. The minimum atomic E-state index is -0.162. The molecule has 4 heteroatoms. The van der Waals surface area contributed by atoms with E-state index in [9.17, 15) is 4.79 Å². The molecule has 0 saturated heterocycles. The molecule has 11 heavy (non-hydrogen) atoms. The third-order valence-corrected chi connectivity index (χ3v) is 1.20. The van der Waals surface area contributed by atoms with Crippen molar-refractivity contribution in [1.29, 1.82) is 0 Å². The fourth-order valence-electron chi connectivity index (χ4n) is 0.773. The lowest BCUT2D eigenvalue weighted by Crippen LogP contribution is -2.47. The molecule has 0 aromatic rings. The number of hydrogen-bond donors (Lipinski definition) is 2. The Labute approximate surface area is 67.9 Å². The first-order valence-electron chi connectivity index (χ1n) is 3.79. The van der Waals surface area contributed by atoms with Gasteiger partial charge in [0, 0.05) is 20.6 Å². The van der Waals surface area contributed by atoms with Crippen LogP contribution in [0, 0.1) is 0 Å². The van der Waals surface area contributed by atoms with Crippen LogP contribution >= 0.6 is 0 Å². The Balaban J connectivity index is 3.64. The Bertz CT molecular complexity index is 125. The lowest BCUT2D eigenvalue weighted by Gasteiger charge is -2.18. The maximum absolute atomic E-state index is 11.1. The quantitative estimate of drug-likeness (QED) is 0.547. The molecule has 0 aromatic heterocycles. The van der Waals surface area contributed by atoms with Gasteiger partial charge in [0.1, 0.15) is 0 Å². The van der Waals surface area contributed by atoms with Crippen LogP contribution in [0.1, 0.15) is 13.8 Å². The van der Waals surface area contributed by atoms with Crippen molar-refractivity contribution in [2.45, 2.75) is 19.9 Å². The molecule has 0 bridgehead atoms. The topological polar surface area (TPSA) is 44.4 Å². The van der Waals surface area contributed by atoms with Gasteiger partial charge in [-0.1, -0.05) is 0 Å². The summed E-state index contributed by atoms with van der Waals surface area (Å²) < 4.78 is 0. The van der Waals surface area contributed by atoms with Gasteiger partial charge in [-0.3, -0.25) is 4.79 Å². The summed E-state index contributed by atoms with van der Waals surface area (Å²) in [7, 11) is 3.71. The summed E-state index contributed by atoms with van der Waals surface area (Å²) in [6, 6.07) is -0.162. The third kappa shape index (κ3) is 4.75. The monoisotopic (exact) mass is 159 g/mol. The van der Waals surface area contributed by atoms with Gasteiger partial charge in [-0.2, -0.15) is 0 Å². The van der Waals surface area contributed by atoms with Crippen LogP contribution in [-0.2, 0) is 4.79 Å². The number of rotatable bonds is 4. The molecule has 1 amide bonds. The van der Waals surface area contributed by atoms with E-state index in [-0.39, 0.29) is 11.9 Å². The first-order valence-corrected chi connectivity index (χ1v) is 3.79. The summed E-state index contributed by atoms with van der Waals surface area (Å²) in [6.07, 6.45) is 0. The van der Waals surface area contributed by atoms with Crippen LogP contribution in [0.15, 0.2) is 0 Å². The second-order valence-corrected chi connectivity index (χ2v) is 2.64. The van der Waals surface area contributed by atoms with E-state index in [0.29, 0.717) is 6.54 Å². The van der Waals surface area contributed by atoms with Gasteiger partial charge >= 0.3 is 0 Å². The second kappa shape index (κ2) is 5.09. The molecule has 1 atom stereocenters. The highest BCUT2D eigenvalue weighted by Gasteiger charge is 2.10. The molecule has 0 aliphatic carbocycles. The van der Waals surface area contributed by atoms with Crippen molar-refractivity contribution in [3.8, 4) is 0 Å². The molecule has 4 nitrogen and oxygen atoms in total. The standard InChI is InChI=1S/C7H17N3O/c1-5-8-7(11)6(2)9-10(3)4/h6,9H,5H2,1-4H3,(H,8,11). The summed E-state index contributed by atoms with van der Waals surface area (Å²) >= 11 is 0. The maximum Gasteiger partial charge on any atom is 0.238 e. The molecule has 0 saturated carbocycles.